The summed E-state index contributed by atoms with van der Waals surface area (Å²) in [5.74, 6) is -2.08. The van der Waals surface area contributed by atoms with Gasteiger partial charge in [-0.15, -0.1) is 0 Å². The molecule has 0 spiro atoms. The van der Waals surface area contributed by atoms with Crippen LogP contribution >= 0.6 is 0 Å². The largest absolute Gasteiger partial charge is 0.468 e. The molecule has 3 aromatic carbocycles. The van der Waals surface area contributed by atoms with E-state index in [0.29, 0.717) is 29.2 Å². The SMILES string of the molecule is COC(=O)c1ccc(C2C(N(C=O)CCCN3CCC(c4ccccc4)(c4ccccc4)CC3)=C(C)N=C(C)C2C(=O)OC)cc1. The molecule has 0 N–H and O–H groups in total. The van der Waals surface area contributed by atoms with E-state index in [0.717, 1.165) is 50.9 Å². The molecule has 240 valence electrons. The Kier molecular flexibility index (Phi) is 10.5. The molecule has 2 unspecified atom stereocenters. The highest BCUT2D eigenvalue weighted by atomic mass is 16.5. The Bertz CT molecular complexity index is 1530. The number of hydrogen-bond acceptors (Lipinski definition) is 7. The fourth-order valence-corrected chi connectivity index (χ4v) is 7.24. The van der Waals surface area contributed by atoms with Gasteiger partial charge in [0.2, 0.25) is 6.41 Å². The molecule has 3 aromatic rings. The first-order valence-electron chi connectivity index (χ1n) is 15.9. The van der Waals surface area contributed by atoms with Gasteiger partial charge in [-0.1, -0.05) is 72.8 Å². The summed E-state index contributed by atoms with van der Waals surface area (Å²) in [7, 11) is 2.70. The molecule has 0 bridgehead atoms. The van der Waals surface area contributed by atoms with Gasteiger partial charge in [-0.3, -0.25) is 14.6 Å². The number of methoxy groups -OCH3 is 2. The van der Waals surface area contributed by atoms with E-state index >= 15 is 0 Å². The Morgan fingerprint density at radius 1 is 0.891 bits per heavy atom. The van der Waals surface area contributed by atoms with Crippen molar-refractivity contribution in [3.63, 3.8) is 0 Å². The number of rotatable bonds is 11. The molecule has 8 heteroatoms. The molecule has 2 aliphatic rings. The molecule has 0 aliphatic carbocycles. The van der Waals surface area contributed by atoms with Crippen LogP contribution in [0.3, 0.4) is 0 Å². The van der Waals surface area contributed by atoms with E-state index in [4.69, 9.17) is 14.5 Å². The van der Waals surface area contributed by atoms with Gasteiger partial charge in [-0.25, -0.2) is 4.79 Å². The zero-order valence-corrected chi connectivity index (χ0v) is 27.1. The number of aliphatic imine (C=N–C) groups is 1. The third kappa shape index (κ3) is 6.67. The smallest absolute Gasteiger partial charge is 0.337 e. The number of piperidine rings is 1. The van der Waals surface area contributed by atoms with Crippen molar-refractivity contribution in [3.8, 4) is 0 Å². The van der Waals surface area contributed by atoms with Gasteiger partial charge < -0.3 is 19.3 Å². The average Bonchev–Trinajstić information content (AvgIpc) is 3.10. The van der Waals surface area contributed by atoms with Crippen molar-refractivity contribution in [1.82, 2.24) is 9.80 Å². The molecule has 8 nitrogen and oxygen atoms in total. The summed E-state index contributed by atoms with van der Waals surface area (Å²) in [6.07, 6.45) is 3.63. The number of allylic oxidation sites excluding steroid dienone is 2. The van der Waals surface area contributed by atoms with Crippen molar-refractivity contribution >= 4 is 24.1 Å². The lowest BCUT2D eigenvalue weighted by atomic mass is 9.68. The minimum absolute atomic E-state index is 0.0206. The molecule has 2 atom stereocenters. The number of nitrogens with zero attached hydrogens (tertiary/aromatic N) is 3. The molecule has 0 radical (unpaired) electrons. The molecule has 1 saturated heterocycles. The van der Waals surface area contributed by atoms with Gasteiger partial charge in [0.05, 0.1) is 31.2 Å². The van der Waals surface area contributed by atoms with Crippen LogP contribution in [0.4, 0.5) is 0 Å². The summed E-state index contributed by atoms with van der Waals surface area (Å²) in [6, 6.07) is 28.6. The van der Waals surface area contributed by atoms with Crippen molar-refractivity contribution < 1.29 is 23.9 Å². The molecule has 5 rings (SSSR count). The van der Waals surface area contributed by atoms with Crippen LogP contribution in [0.15, 0.2) is 101 Å². The van der Waals surface area contributed by atoms with Crippen LogP contribution in [0.1, 0.15) is 66.1 Å². The molecule has 1 amide bonds. The fourth-order valence-electron chi connectivity index (χ4n) is 7.24. The van der Waals surface area contributed by atoms with Crippen LogP contribution in [0.2, 0.25) is 0 Å². The number of benzene rings is 3. The quantitative estimate of drug-likeness (QED) is 0.193. The number of amides is 1. The Morgan fingerprint density at radius 2 is 1.48 bits per heavy atom. The Hall–Kier alpha value is -4.56. The number of carbonyl (C=O) groups is 3. The summed E-state index contributed by atoms with van der Waals surface area (Å²) < 4.78 is 10.1. The lowest BCUT2D eigenvalue weighted by molar-refractivity contribution is -0.143. The maximum atomic E-state index is 13.1. The summed E-state index contributed by atoms with van der Waals surface area (Å²) >= 11 is 0. The van der Waals surface area contributed by atoms with Crippen molar-refractivity contribution in [2.45, 2.75) is 44.4 Å². The van der Waals surface area contributed by atoms with Crippen LogP contribution in [-0.4, -0.2) is 74.3 Å². The lowest BCUT2D eigenvalue weighted by Gasteiger charge is -2.43. The van der Waals surface area contributed by atoms with Gasteiger partial charge in [-0.05, 0) is 81.6 Å². The summed E-state index contributed by atoms with van der Waals surface area (Å²) in [4.78, 5) is 46.7. The predicted molar refractivity (Wildman–Crippen MR) is 179 cm³/mol. The standard InChI is InChI=1S/C38H43N3O5/c1-27-33(37(44)46-4)34(29-16-18-30(19-17-29)36(43)45-3)35(28(2)39-27)41(26-42)23-11-22-40-24-20-38(21-25-40,31-12-7-5-8-13-31)32-14-9-6-10-15-32/h5-10,12-19,26,33-34H,11,20-25H2,1-4H3. The van der Waals surface area contributed by atoms with Gasteiger partial charge in [0.25, 0.3) is 0 Å². The molecule has 46 heavy (non-hydrogen) atoms. The Labute approximate surface area is 271 Å². The molecular formula is C38H43N3O5. The van der Waals surface area contributed by atoms with E-state index in [9.17, 15) is 14.4 Å². The molecule has 0 aromatic heterocycles. The normalized spacial score (nSPS) is 19.6. The highest BCUT2D eigenvalue weighted by Gasteiger charge is 2.41. The van der Waals surface area contributed by atoms with E-state index < -0.39 is 23.8 Å². The highest BCUT2D eigenvalue weighted by molar-refractivity contribution is 6.03. The summed E-state index contributed by atoms with van der Waals surface area (Å²) in [5, 5.41) is 0. The number of esters is 2. The zero-order valence-electron chi connectivity index (χ0n) is 27.1. The van der Waals surface area contributed by atoms with Crippen molar-refractivity contribution in [1.29, 1.82) is 0 Å². The van der Waals surface area contributed by atoms with Crippen LogP contribution < -0.4 is 0 Å². The minimum atomic E-state index is -0.707. The lowest BCUT2D eigenvalue weighted by Crippen LogP contribution is -2.44. The van der Waals surface area contributed by atoms with E-state index in [2.05, 4.69) is 65.6 Å². The van der Waals surface area contributed by atoms with E-state index in [1.807, 2.05) is 13.8 Å². The van der Waals surface area contributed by atoms with Gasteiger partial charge in [0, 0.05) is 23.6 Å². The number of carbonyl (C=O) groups excluding carboxylic acids is 3. The first-order chi connectivity index (χ1) is 22.3. The van der Waals surface area contributed by atoms with Crippen LogP contribution in [0.25, 0.3) is 0 Å². The summed E-state index contributed by atoms with van der Waals surface area (Å²) in [6.45, 7) is 6.91. The van der Waals surface area contributed by atoms with Crippen molar-refractivity contribution in [3.05, 3.63) is 119 Å². The van der Waals surface area contributed by atoms with Gasteiger partial charge in [-0.2, -0.15) is 0 Å². The first kappa shape index (κ1) is 32.8. The van der Waals surface area contributed by atoms with E-state index in [1.165, 1.54) is 25.3 Å². The highest BCUT2D eigenvalue weighted by Crippen LogP contribution is 2.43. The number of likely N-dealkylation sites (tertiary alicyclic amines) is 1. The minimum Gasteiger partial charge on any atom is -0.468 e. The maximum Gasteiger partial charge on any atom is 0.337 e. The van der Waals surface area contributed by atoms with Crippen LogP contribution in [0.5, 0.6) is 0 Å². The van der Waals surface area contributed by atoms with Crippen molar-refractivity contribution in [2.75, 3.05) is 40.4 Å². The van der Waals surface area contributed by atoms with Crippen LogP contribution in [0, 0.1) is 5.92 Å². The second-order valence-corrected chi connectivity index (χ2v) is 12.1. The van der Waals surface area contributed by atoms with Crippen LogP contribution in [-0.2, 0) is 24.5 Å². The van der Waals surface area contributed by atoms with E-state index in [-0.39, 0.29) is 5.41 Å². The Balaban J connectivity index is 1.32. The molecule has 0 saturated carbocycles. The topological polar surface area (TPSA) is 88.5 Å². The maximum absolute atomic E-state index is 13.1. The first-order valence-corrected chi connectivity index (χ1v) is 15.9. The van der Waals surface area contributed by atoms with Gasteiger partial charge in [0.15, 0.2) is 0 Å². The monoisotopic (exact) mass is 621 g/mol. The zero-order chi connectivity index (χ0) is 32.7. The van der Waals surface area contributed by atoms with Crippen molar-refractivity contribution in [2.24, 2.45) is 10.9 Å². The predicted octanol–water partition coefficient (Wildman–Crippen LogP) is 5.98. The average molecular weight is 622 g/mol. The third-order valence-electron chi connectivity index (χ3n) is 9.61. The fraction of sp³-hybridized carbons (Fsp3) is 0.368. The molecule has 1 fully saturated rings. The number of ether oxygens (including phenoxy) is 2. The molecular weight excluding hydrogens is 578 g/mol. The molecule has 2 aliphatic heterocycles. The van der Waals surface area contributed by atoms with Gasteiger partial charge >= 0.3 is 11.9 Å². The second-order valence-electron chi connectivity index (χ2n) is 12.1. The second kappa shape index (κ2) is 14.7. The molecule has 2 heterocycles. The summed E-state index contributed by atoms with van der Waals surface area (Å²) in [5.41, 5.74) is 5.85. The third-order valence-corrected chi connectivity index (χ3v) is 9.61. The Morgan fingerprint density at radius 3 is 2.00 bits per heavy atom. The van der Waals surface area contributed by atoms with E-state index in [1.54, 1.807) is 29.2 Å². The van der Waals surface area contributed by atoms with Gasteiger partial charge in [0.1, 0.15) is 5.92 Å². The number of hydrogen-bond donors (Lipinski definition) is 0.